The van der Waals surface area contributed by atoms with Crippen LogP contribution in [0.4, 0.5) is 5.69 Å². The largest absolute Gasteiger partial charge is 0.325 e. The van der Waals surface area contributed by atoms with Gasteiger partial charge in [0.15, 0.2) is 0 Å². The third-order valence-electron chi connectivity index (χ3n) is 2.85. The van der Waals surface area contributed by atoms with Gasteiger partial charge in [0.05, 0.1) is 6.04 Å². The van der Waals surface area contributed by atoms with E-state index in [0.717, 1.165) is 16.3 Å². The average molecular weight is 312 g/mol. The molecule has 0 unspecified atom stereocenters. The number of thiazole rings is 1. The molecule has 0 saturated carbocycles. The minimum Gasteiger partial charge on any atom is -0.325 e. The summed E-state index contributed by atoms with van der Waals surface area (Å²) in [6.45, 7) is 3.85. The number of nitrogens with one attached hydrogen (secondary N) is 1. The van der Waals surface area contributed by atoms with Crippen molar-refractivity contribution in [3.63, 3.8) is 0 Å². The molecule has 4 nitrogen and oxygen atoms in total. The third-order valence-corrected chi connectivity index (χ3v) is 3.67. The van der Waals surface area contributed by atoms with Gasteiger partial charge in [-0.3, -0.25) is 4.79 Å². The molecule has 0 radical (unpaired) electrons. The number of benzene rings is 1. The van der Waals surface area contributed by atoms with E-state index in [-0.39, 0.29) is 24.2 Å². The molecule has 2 rings (SSSR count). The second kappa shape index (κ2) is 7.38. The van der Waals surface area contributed by atoms with E-state index in [4.69, 9.17) is 5.73 Å². The molecule has 0 bridgehead atoms. The molecule has 20 heavy (non-hydrogen) atoms. The van der Waals surface area contributed by atoms with Gasteiger partial charge < -0.3 is 11.1 Å². The standard InChI is InChI=1S/C14H17N3OS.ClH/c1-9(2)12(15)13(18)17-11-5-3-10(4-6-11)14-16-7-8-19-14;/h3-9,12H,15H2,1-2H3,(H,17,18);1H/t12-;/m1./s1. The Kier molecular flexibility index (Phi) is 6.13. The van der Waals surface area contributed by atoms with E-state index >= 15 is 0 Å². The summed E-state index contributed by atoms with van der Waals surface area (Å²) in [6.07, 6.45) is 1.78. The van der Waals surface area contributed by atoms with Gasteiger partial charge in [0.25, 0.3) is 0 Å². The molecule has 3 N–H and O–H groups in total. The number of carbonyl (C=O) groups excluding carboxylic acids is 1. The van der Waals surface area contributed by atoms with Crippen LogP contribution < -0.4 is 11.1 Å². The van der Waals surface area contributed by atoms with E-state index in [2.05, 4.69) is 10.3 Å². The molecule has 1 heterocycles. The van der Waals surface area contributed by atoms with E-state index in [1.165, 1.54) is 0 Å². The molecule has 0 aliphatic carbocycles. The minimum absolute atomic E-state index is 0. The SMILES string of the molecule is CC(C)[C@@H](N)C(=O)Nc1ccc(-c2nccs2)cc1.Cl. The van der Waals surface area contributed by atoms with Crippen LogP contribution in [0.5, 0.6) is 0 Å². The number of nitrogens with two attached hydrogens (primary N) is 1. The molecular formula is C14H18ClN3OS. The first kappa shape index (κ1) is 16.6. The Labute approximate surface area is 128 Å². The van der Waals surface area contributed by atoms with Gasteiger partial charge in [0.2, 0.25) is 5.91 Å². The topological polar surface area (TPSA) is 68.0 Å². The predicted molar refractivity (Wildman–Crippen MR) is 86.2 cm³/mol. The first-order chi connectivity index (χ1) is 9.08. The zero-order valence-corrected chi connectivity index (χ0v) is 13.0. The zero-order valence-electron chi connectivity index (χ0n) is 11.4. The molecule has 0 spiro atoms. The average Bonchev–Trinajstić information content (AvgIpc) is 2.92. The Morgan fingerprint density at radius 3 is 2.45 bits per heavy atom. The van der Waals surface area contributed by atoms with E-state index in [1.807, 2.05) is 43.5 Å². The molecule has 1 atom stereocenters. The minimum atomic E-state index is -0.487. The fraction of sp³-hybridized carbons (Fsp3) is 0.286. The van der Waals surface area contributed by atoms with E-state index in [0.29, 0.717) is 0 Å². The lowest BCUT2D eigenvalue weighted by Gasteiger charge is -2.15. The molecule has 2 aromatic rings. The number of rotatable bonds is 4. The Hall–Kier alpha value is -1.43. The van der Waals surface area contributed by atoms with Crippen LogP contribution in [0, 0.1) is 5.92 Å². The summed E-state index contributed by atoms with van der Waals surface area (Å²) in [6, 6.07) is 7.12. The monoisotopic (exact) mass is 311 g/mol. The Balaban J connectivity index is 0.00000200. The van der Waals surface area contributed by atoms with Crippen LogP contribution in [0.3, 0.4) is 0 Å². The second-order valence-corrected chi connectivity index (χ2v) is 5.57. The number of amides is 1. The van der Waals surface area contributed by atoms with Crippen molar-refractivity contribution >= 4 is 35.3 Å². The highest BCUT2D eigenvalue weighted by molar-refractivity contribution is 7.13. The lowest BCUT2D eigenvalue weighted by Crippen LogP contribution is -2.39. The number of halogens is 1. The van der Waals surface area contributed by atoms with Crippen molar-refractivity contribution in [3.8, 4) is 10.6 Å². The van der Waals surface area contributed by atoms with Gasteiger partial charge in [0, 0.05) is 22.8 Å². The molecule has 1 aromatic heterocycles. The third kappa shape index (κ3) is 4.03. The van der Waals surface area contributed by atoms with Crippen LogP contribution in [-0.4, -0.2) is 16.9 Å². The number of anilines is 1. The van der Waals surface area contributed by atoms with Crippen molar-refractivity contribution in [1.82, 2.24) is 4.98 Å². The molecule has 1 amide bonds. The summed E-state index contributed by atoms with van der Waals surface area (Å²) in [7, 11) is 0. The fourth-order valence-electron chi connectivity index (χ4n) is 1.59. The first-order valence-corrected chi connectivity index (χ1v) is 7.02. The number of hydrogen-bond donors (Lipinski definition) is 2. The number of hydrogen-bond acceptors (Lipinski definition) is 4. The molecule has 0 fully saturated rings. The lowest BCUT2D eigenvalue weighted by atomic mass is 10.0. The van der Waals surface area contributed by atoms with Crippen molar-refractivity contribution in [3.05, 3.63) is 35.8 Å². The molecule has 0 aliphatic heterocycles. The molecule has 0 aliphatic rings. The van der Waals surface area contributed by atoms with Crippen LogP contribution in [0.15, 0.2) is 35.8 Å². The molecule has 108 valence electrons. The van der Waals surface area contributed by atoms with Gasteiger partial charge in [-0.15, -0.1) is 23.7 Å². The van der Waals surface area contributed by atoms with E-state index in [9.17, 15) is 4.79 Å². The maximum absolute atomic E-state index is 11.8. The highest BCUT2D eigenvalue weighted by Gasteiger charge is 2.17. The summed E-state index contributed by atoms with van der Waals surface area (Å²) in [5.74, 6) is -0.0356. The summed E-state index contributed by atoms with van der Waals surface area (Å²) >= 11 is 1.59. The maximum atomic E-state index is 11.8. The van der Waals surface area contributed by atoms with Crippen molar-refractivity contribution in [2.45, 2.75) is 19.9 Å². The van der Waals surface area contributed by atoms with E-state index < -0.39 is 6.04 Å². The van der Waals surface area contributed by atoms with Crippen LogP contribution >= 0.6 is 23.7 Å². The Bertz CT molecular complexity index is 540. The molecular weight excluding hydrogens is 294 g/mol. The Morgan fingerprint density at radius 1 is 1.30 bits per heavy atom. The van der Waals surface area contributed by atoms with Gasteiger partial charge in [-0.2, -0.15) is 0 Å². The van der Waals surface area contributed by atoms with E-state index in [1.54, 1.807) is 17.5 Å². The lowest BCUT2D eigenvalue weighted by molar-refractivity contribution is -0.118. The van der Waals surface area contributed by atoms with Crippen molar-refractivity contribution in [2.24, 2.45) is 11.7 Å². The van der Waals surface area contributed by atoms with Crippen molar-refractivity contribution in [1.29, 1.82) is 0 Å². The number of nitrogens with zero attached hydrogens (tertiary/aromatic N) is 1. The fourth-order valence-corrected chi connectivity index (χ4v) is 2.23. The van der Waals surface area contributed by atoms with Crippen molar-refractivity contribution in [2.75, 3.05) is 5.32 Å². The zero-order chi connectivity index (χ0) is 13.8. The Morgan fingerprint density at radius 2 is 1.95 bits per heavy atom. The predicted octanol–water partition coefficient (Wildman–Crippen LogP) is 3.15. The summed E-state index contributed by atoms with van der Waals surface area (Å²) in [4.78, 5) is 16.1. The summed E-state index contributed by atoms with van der Waals surface area (Å²) in [5, 5.41) is 5.72. The number of aromatic nitrogens is 1. The van der Waals surface area contributed by atoms with Crippen LogP contribution in [0.25, 0.3) is 10.6 Å². The smallest absolute Gasteiger partial charge is 0.241 e. The molecule has 6 heteroatoms. The summed E-state index contributed by atoms with van der Waals surface area (Å²) in [5.41, 5.74) is 7.59. The summed E-state index contributed by atoms with van der Waals surface area (Å²) < 4.78 is 0. The highest BCUT2D eigenvalue weighted by Crippen LogP contribution is 2.23. The van der Waals surface area contributed by atoms with Gasteiger partial charge in [0.1, 0.15) is 5.01 Å². The van der Waals surface area contributed by atoms with Crippen LogP contribution in [0.2, 0.25) is 0 Å². The van der Waals surface area contributed by atoms with Gasteiger partial charge >= 0.3 is 0 Å². The number of carbonyl (C=O) groups is 1. The van der Waals surface area contributed by atoms with Crippen LogP contribution in [0.1, 0.15) is 13.8 Å². The van der Waals surface area contributed by atoms with Crippen LogP contribution in [-0.2, 0) is 4.79 Å². The molecule has 1 aromatic carbocycles. The van der Waals surface area contributed by atoms with Gasteiger partial charge in [-0.05, 0) is 30.2 Å². The highest BCUT2D eigenvalue weighted by atomic mass is 35.5. The van der Waals surface area contributed by atoms with Gasteiger partial charge in [-0.25, -0.2) is 4.98 Å². The molecule has 0 saturated heterocycles. The van der Waals surface area contributed by atoms with Crippen molar-refractivity contribution < 1.29 is 4.79 Å². The quantitative estimate of drug-likeness (QED) is 0.911. The second-order valence-electron chi connectivity index (χ2n) is 4.67. The first-order valence-electron chi connectivity index (χ1n) is 6.14. The maximum Gasteiger partial charge on any atom is 0.241 e. The van der Waals surface area contributed by atoms with Gasteiger partial charge in [-0.1, -0.05) is 13.8 Å². The normalized spacial score (nSPS) is 11.8.